The molecule has 0 spiro atoms. The summed E-state index contributed by atoms with van der Waals surface area (Å²) in [6.45, 7) is 4.48. The lowest BCUT2D eigenvalue weighted by Crippen LogP contribution is -2.23. The van der Waals surface area contributed by atoms with Crippen LogP contribution in [0.15, 0.2) is 0 Å². The summed E-state index contributed by atoms with van der Waals surface area (Å²) < 4.78 is 0. The third-order valence-electron chi connectivity index (χ3n) is 1.59. The molecule has 0 aliphatic carbocycles. The van der Waals surface area contributed by atoms with Crippen LogP contribution in [0.1, 0.15) is 26.7 Å². The molecule has 1 unspecified atom stereocenters. The van der Waals surface area contributed by atoms with Gasteiger partial charge in [-0.25, -0.2) is 0 Å². The third-order valence-corrected chi connectivity index (χ3v) is 1.59. The molecule has 0 aromatic heterocycles. The van der Waals surface area contributed by atoms with Gasteiger partial charge in [-0.15, -0.1) is 24.0 Å². The monoisotopic (exact) mass is 243 g/mol. The van der Waals surface area contributed by atoms with E-state index in [4.69, 9.17) is 0 Å². The van der Waals surface area contributed by atoms with E-state index in [-0.39, 0.29) is 24.0 Å². The minimum absolute atomic E-state index is 0. The van der Waals surface area contributed by atoms with E-state index in [0.717, 1.165) is 6.04 Å². The number of hydrogen-bond donors (Lipinski definition) is 0. The molecule has 0 aromatic carbocycles. The van der Waals surface area contributed by atoms with Crippen molar-refractivity contribution in [3.05, 3.63) is 0 Å². The Balaban J connectivity index is 0. The smallest absolute Gasteiger partial charge is 0.00607 e. The zero-order valence-electron chi connectivity index (χ0n) is 6.85. The molecule has 58 valence electrons. The summed E-state index contributed by atoms with van der Waals surface area (Å²) in [5, 5.41) is 0. The van der Waals surface area contributed by atoms with E-state index in [1.807, 2.05) is 0 Å². The molecule has 2 heteroatoms. The number of halogens is 1. The molecule has 0 aromatic rings. The van der Waals surface area contributed by atoms with Gasteiger partial charge in [-0.1, -0.05) is 13.3 Å². The first-order chi connectivity index (χ1) is 3.68. The fourth-order valence-corrected chi connectivity index (χ4v) is 0.676. The van der Waals surface area contributed by atoms with Crippen LogP contribution in [-0.4, -0.2) is 25.0 Å². The Hall–Kier alpha value is 0.690. The summed E-state index contributed by atoms with van der Waals surface area (Å²) in [5.41, 5.74) is 0. The van der Waals surface area contributed by atoms with Crippen LogP contribution < -0.4 is 0 Å². The molecule has 0 radical (unpaired) electrons. The normalized spacial score (nSPS) is 13.0. The maximum absolute atomic E-state index is 2.25. The zero-order chi connectivity index (χ0) is 6.57. The highest BCUT2D eigenvalue weighted by atomic mass is 127. The van der Waals surface area contributed by atoms with Crippen LogP contribution in [0.4, 0.5) is 0 Å². The largest absolute Gasteiger partial charge is 0.307 e. The molecule has 0 bridgehead atoms. The van der Waals surface area contributed by atoms with Gasteiger partial charge in [-0.2, -0.15) is 0 Å². The lowest BCUT2D eigenvalue weighted by atomic mass is 10.2. The SMILES string of the molecule is CCCC(C)N(C)C.I. The van der Waals surface area contributed by atoms with Crippen LogP contribution in [0.3, 0.4) is 0 Å². The number of hydrogen-bond acceptors (Lipinski definition) is 1. The molecule has 1 atom stereocenters. The first-order valence-corrected chi connectivity index (χ1v) is 3.35. The lowest BCUT2D eigenvalue weighted by Gasteiger charge is -2.17. The summed E-state index contributed by atoms with van der Waals surface area (Å²) in [6, 6.07) is 0.750. The van der Waals surface area contributed by atoms with Gasteiger partial charge in [0, 0.05) is 6.04 Å². The molecule has 0 amide bonds. The van der Waals surface area contributed by atoms with Crippen LogP contribution in [0.25, 0.3) is 0 Å². The quantitative estimate of drug-likeness (QED) is 0.688. The highest BCUT2D eigenvalue weighted by molar-refractivity contribution is 14.0. The van der Waals surface area contributed by atoms with Crippen LogP contribution in [0.2, 0.25) is 0 Å². The Morgan fingerprint density at radius 1 is 1.33 bits per heavy atom. The summed E-state index contributed by atoms with van der Waals surface area (Å²) in [7, 11) is 4.25. The maximum Gasteiger partial charge on any atom is 0.00607 e. The maximum atomic E-state index is 2.25. The van der Waals surface area contributed by atoms with E-state index in [0.29, 0.717) is 0 Å². The second-order valence-electron chi connectivity index (χ2n) is 2.60. The van der Waals surface area contributed by atoms with E-state index in [1.165, 1.54) is 12.8 Å². The zero-order valence-corrected chi connectivity index (χ0v) is 9.18. The Labute approximate surface area is 75.8 Å². The van der Waals surface area contributed by atoms with Crippen molar-refractivity contribution in [2.24, 2.45) is 0 Å². The van der Waals surface area contributed by atoms with Crippen molar-refractivity contribution in [3.8, 4) is 0 Å². The highest BCUT2D eigenvalue weighted by Gasteiger charge is 1.99. The predicted molar refractivity (Wildman–Crippen MR) is 53.5 cm³/mol. The summed E-state index contributed by atoms with van der Waals surface area (Å²) >= 11 is 0. The van der Waals surface area contributed by atoms with Crippen molar-refractivity contribution in [2.45, 2.75) is 32.7 Å². The van der Waals surface area contributed by atoms with Crippen molar-refractivity contribution >= 4 is 24.0 Å². The lowest BCUT2D eigenvalue weighted by molar-refractivity contribution is 0.297. The molecule has 0 heterocycles. The van der Waals surface area contributed by atoms with E-state index in [9.17, 15) is 0 Å². The molecular formula is C7H18IN. The van der Waals surface area contributed by atoms with Crippen molar-refractivity contribution in [2.75, 3.05) is 14.1 Å². The van der Waals surface area contributed by atoms with E-state index in [2.05, 4.69) is 32.8 Å². The third kappa shape index (κ3) is 6.58. The molecule has 0 rings (SSSR count). The van der Waals surface area contributed by atoms with Crippen molar-refractivity contribution < 1.29 is 0 Å². The van der Waals surface area contributed by atoms with Crippen LogP contribution >= 0.6 is 24.0 Å². The minimum Gasteiger partial charge on any atom is -0.307 e. The van der Waals surface area contributed by atoms with Crippen LogP contribution in [-0.2, 0) is 0 Å². The van der Waals surface area contributed by atoms with Gasteiger partial charge in [0.15, 0.2) is 0 Å². The van der Waals surface area contributed by atoms with Gasteiger partial charge in [0.1, 0.15) is 0 Å². The average molecular weight is 243 g/mol. The van der Waals surface area contributed by atoms with E-state index < -0.39 is 0 Å². The topological polar surface area (TPSA) is 3.24 Å². The molecular weight excluding hydrogens is 225 g/mol. The van der Waals surface area contributed by atoms with Crippen molar-refractivity contribution in [3.63, 3.8) is 0 Å². The predicted octanol–water partition coefficient (Wildman–Crippen LogP) is 2.35. The summed E-state index contributed by atoms with van der Waals surface area (Å²) in [4.78, 5) is 2.25. The summed E-state index contributed by atoms with van der Waals surface area (Å²) in [5.74, 6) is 0. The van der Waals surface area contributed by atoms with Gasteiger partial charge >= 0.3 is 0 Å². The fraction of sp³-hybridized carbons (Fsp3) is 1.00. The van der Waals surface area contributed by atoms with Crippen LogP contribution in [0.5, 0.6) is 0 Å². The second kappa shape index (κ2) is 6.81. The molecule has 0 N–H and O–H groups in total. The Morgan fingerprint density at radius 3 is 1.89 bits per heavy atom. The number of rotatable bonds is 3. The Bertz CT molecular complexity index is 54.9. The molecule has 0 aliphatic rings. The van der Waals surface area contributed by atoms with E-state index in [1.54, 1.807) is 0 Å². The standard InChI is InChI=1S/C7H17N.HI/c1-5-6-7(2)8(3)4;/h7H,5-6H2,1-4H3;1H. The van der Waals surface area contributed by atoms with Crippen molar-refractivity contribution in [1.82, 2.24) is 4.90 Å². The Kier molecular flexibility index (Phi) is 9.36. The van der Waals surface area contributed by atoms with Gasteiger partial charge < -0.3 is 4.90 Å². The molecule has 9 heavy (non-hydrogen) atoms. The Morgan fingerprint density at radius 2 is 1.78 bits per heavy atom. The first-order valence-electron chi connectivity index (χ1n) is 3.35. The number of nitrogens with zero attached hydrogens (tertiary/aromatic N) is 1. The van der Waals surface area contributed by atoms with E-state index >= 15 is 0 Å². The van der Waals surface area contributed by atoms with Crippen molar-refractivity contribution in [1.29, 1.82) is 0 Å². The second-order valence-corrected chi connectivity index (χ2v) is 2.60. The molecule has 0 saturated carbocycles. The summed E-state index contributed by atoms with van der Waals surface area (Å²) in [6.07, 6.45) is 2.60. The molecule has 0 fully saturated rings. The molecule has 0 saturated heterocycles. The van der Waals surface area contributed by atoms with Gasteiger partial charge in [0.05, 0.1) is 0 Å². The first kappa shape index (κ1) is 12.4. The molecule has 0 aliphatic heterocycles. The average Bonchev–Trinajstić information content (AvgIpc) is 1.67. The van der Waals surface area contributed by atoms with Gasteiger partial charge in [-0.3, -0.25) is 0 Å². The van der Waals surface area contributed by atoms with Gasteiger partial charge in [0.2, 0.25) is 0 Å². The van der Waals surface area contributed by atoms with Crippen LogP contribution in [0, 0.1) is 0 Å². The fourth-order valence-electron chi connectivity index (χ4n) is 0.676. The highest BCUT2D eigenvalue weighted by Crippen LogP contribution is 1.99. The van der Waals surface area contributed by atoms with Gasteiger partial charge in [-0.05, 0) is 27.4 Å². The molecule has 1 nitrogen and oxygen atoms in total. The minimum atomic E-state index is 0. The van der Waals surface area contributed by atoms with Gasteiger partial charge in [0.25, 0.3) is 0 Å².